The second kappa shape index (κ2) is 8.24. The molecule has 4 amide bonds. The van der Waals surface area contributed by atoms with E-state index in [1.54, 1.807) is 12.3 Å². The normalized spacial score (nSPS) is 26.8. The molecule has 166 valence electrons. The highest BCUT2D eigenvalue weighted by Crippen LogP contribution is 2.30. The number of aliphatic hydroxyl groups is 4. The van der Waals surface area contributed by atoms with Gasteiger partial charge in [-0.15, -0.1) is 0 Å². The van der Waals surface area contributed by atoms with Crippen molar-refractivity contribution in [2.75, 3.05) is 13.2 Å². The number of carbonyl (C=O) groups excluding carboxylic acids is 3. The first-order chi connectivity index (χ1) is 14.8. The van der Waals surface area contributed by atoms with E-state index >= 15 is 0 Å². The molecule has 8 N–H and O–H groups in total. The zero-order valence-corrected chi connectivity index (χ0v) is 16.2. The largest absolute Gasteiger partial charge is 0.394 e. The summed E-state index contributed by atoms with van der Waals surface area (Å²) in [6.07, 6.45) is -4.50. The van der Waals surface area contributed by atoms with Gasteiger partial charge in [0.15, 0.2) is 0 Å². The third-order valence-corrected chi connectivity index (χ3v) is 5.62. The third kappa shape index (κ3) is 3.75. The smallest absolute Gasteiger partial charge is 0.323 e. The Labute approximate surface area is 175 Å². The second-order valence-electron chi connectivity index (χ2n) is 7.57. The molecule has 0 saturated carbocycles. The average molecular weight is 433 g/mol. The molecule has 0 radical (unpaired) electrons. The minimum atomic E-state index is -1.74. The molecule has 12 nitrogen and oxygen atoms in total. The summed E-state index contributed by atoms with van der Waals surface area (Å²) in [6, 6.07) is 4.46. The quantitative estimate of drug-likeness (QED) is 0.241. The zero-order valence-electron chi connectivity index (χ0n) is 16.2. The van der Waals surface area contributed by atoms with Crippen molar-refractivity contribution in [3.05, 3.63) is 36.0 Å². The van der Waals surface area contributed by atoms with Crippen LogP contribution in [0.3, 0.4) is 0 Å². The Kier molecular flexibility index (Phi) is 5.64. The van der Waals surface area contributed by atoms with E-state index < -0.39 is 67.6 Å². The fourth-order valence-corrected chi connectivity index (χ4v) is 4.00. The summed E-state index contributed by atoms with van der Waals surface area (Å²) in [5.74, 6) is -1.20. The van der Waals surface area contributed by atoms with Crippen molar-refractivity contribution in [1.82, 2.24) is 25.8 Å². The number of hydrogen-bond acceptors (Lipinski definition) is 8. The molecule has 0 aliphatic carbocycles. The molecule has 6 atom stereocenters. The van der Waals surface area contributed by atoms with Gasteiger partial charge in [0.2, 0.25) is 11.8 Å². The maximum absolute atomic E-state index is 13.4. The Hall–Kier alpha value is -3.03. The summed E-state index contributed by atoms with van der Waals surface area (Å²) in [5, 5.41) is 47.3. The molecule has 1 aromatic heterocycles. The standard InChI is InChI=1S/C19H23N5O7/c25-7-12(27)15(28)11(26)6-24-16-14(17(29)23-19(31)22-16)21-13(18(24)30)9-5-20-10-4-2-1-3-8(9)10/h1-5,11-16,20-21,25-28H,6-7H2,(H2,22,23,29,31)/t11-,12+,13?,14?,15-,16?/m0/s1. The molecule has 31 heavy (non-hydrogen) atoms. The first kappa shape index (κ1) is 21.2. The van der Waals surface area contributed by atoms with E-state index in [9.17, 15) is 29.7 Å². The van der Waals surface area contributed by atoms with Crippen LogP contribution in [0.4, 0.5) is 4.79 Å². The zero-order chi connectivity index (χ0) is 22.3. The molecule has 2 aromatic rings. The van der Waals surface area contributed by atoms with Crippen molar-refractivity contribution < 1.29 is 34.8 Å². The maximum atomic E-state index is 13.4. The lowest BCUT2D eigenvalue weighted by Crippen LogP contribution is -2.76. The van der Waals surface area contributed by atoms with E-state index in [2.05, 4.69) is 20.9 Å². The van der Waals surface area contributed by atoms with E-state index in [1.807, 2.05) is 18.2 Å². The predicted molar refractivity (Wildman–Crippen MR) is 105 cm³/mol. The summed E-state index contributed by atoms with van der Waals surface area (Å²) < 4.78 is 0. The van der Waals surface area contributed by atoms with Gasteiger partial charge in [-0.05, 0) is 6.07 Å². The van der Waals surface area contributed by atoms with Crippen molar-refractivity contribution in [1.29, 1.82) is 0 Å². The number of piperazine rings is 1. The van der Waals surface area contributed by atoms with Gasteiger partial charge in [0, 0.05) is 22.7 Å². The SMILES string of the molecule is O=C1NC(=O)C2NC(c3c[nH]c4ccccc34)C(=O)N(C[C@H](O)[C@H](O)[C@H](O)CO)C2N1. The molecule has 3 unspecified atom stereocenters. The van der Waals surface area contributed by atoms with Crippen LogP contribution in [0.1, 0.15) is 11.6 Å². The van der Waals surface area contributed by atoms with Crippen LogP contribution >= 0.6 is 0 Å². The number of amides is 4. The van der Waals surface area contributed by atoms with Gasteiger partial charge in [-0.1, -0.05) is 18.2 Å². The van der Waals surface area contributed by atoms with Gasteiger partial charge in [0.05, 0.1) is 13.2 Å². The van der Waals surface area contributed by atoms with Gasteiger partial charge < -0.3 is 35.6 Å². The highest BCUT2D eigenvalue weighted by atomic mass is 16.4. The Morgan fingerprint density at radius 2 is 1.81 bits per heavy atom. The number of carbonyl (C=O) groups is 3. The Morgan fingerprint density at radius 1 is 1.06 bits per heavy atom. The molecule has 4 rings (SSSR count). The van der Waals surface area contributed by atoms with Crippen LogP contribution in [-0.4, -0.2) is 91.8 Å². The van der Waals surface area contributed by atoms with Crippen LogP contribution in [0.25, 0.3) is 10.9 Å². The van der Waals surface area contributed by atoms with Crippen molar-refractivity contribution in [3.8, 4) is 0 Å². The maximum Gasteiger partial charge on any atom is 0.323 e. The number of aromatic amines is 1. The van der Waals surface area contributed by atoms with Gasteiger partial charge >= 0.3 is 6.03 Å². The minimum Gasteiger partial charge on any atom is -0.394 e. The number of para-hydroxylation sites is 1. The highest BCUT2D eigenvalue weighted by molar-refractivity contribution is 6.02. The number of β-amino-alcohol motifs (C(OH)–C–C–N with tert-alkyl or cyclic N) is 1. The van der Waals surface area contributed by atoms with Crippen LogP contribution in [0.15, 0.2) is 30.5 Å². The molecule has 1 aromatic carbocycles. The van der Waals surface area contributed by atoms with Gasteiger partial charge in [-0.25, -0.2) is 4.79 Å². The van der Waals surface area contributed by atoms with E-state index in [4.69, 9.17) is 5.11 Å². The summed E-state index contributed by atoms with van der Waals surface area (Å²) in [7, 11) is 0. The number of imide groups is 1. The van der Waals surface area contributed by atoms with Crippen molar-refractivity contribution >= 4 is 28.7 Å². The number of nitrogens with one attached hydrogen (secondary N) is 4. The molecular formula is C19H23N5O7. The molecule has 2 saturated heterocycles. The minimum absolute atomic E-state index is 0.494. The summed E-state index contributed by atoms with van der Waals surface area (Å²) >= 11 is 0. The topological polar surface area (TPSA) is 187 Å². The van der Waals surface area contributed by atoms with Crippen LogP contribution in [0, 0.1) is 0 Å². The van der Waals surface area contributed by atoms with E-state index in [-0.39, 0.29) is 0 Å². The molecule has 0 spiro atoms. The highest BCUT2D eigenvalue weighted by Gasteiger charge is 2.49. The summed E-state index contributed by atoms with van der Waals surface area (Å²) in [4.78, 5) is 41.9. The second-order valence-corrected chi connectivity index (χ2v) is 7.57. The van der Waals surface area contributed by atoms with Crippen LogP contribution in [-0.2, 0) is 9.59 Å². The van der Waals surface area contributed by atoms with Gasteiger partial charge in [0.1, 0.15) is 36.6 Å². The van der Waals surface area contributed by atoms with E-state index in [1.165, 1.54) is 0 Å². The van der Waals surface area contributed by atoms with Gasteiger partial charge in [0.25, 0.3) is 0 Å². The number of nitrogens with zero attached hydrogens (tertiary/aromatic N) is 1. The molecule has 2 aliphatic rings. The lowest BCUT2D eigenvalue weighted by Gasteiger charge is -2.47. The Balaban J connectivity index is 1.69. The first-order valence-corrected chi connectivity index (χ1v) is 9.70. The lowest BCUT2D eigenvalue weighted by molar-refractivity contribution is -0.151. The molecule has 2 fully saturated rings. The number of aliphatic hydroxyl groups excluding tert-OH is 4. The van der Waals surface area contributed by atoms with Gasteiger partial charge in [-0.3, -0.25) is 20.2 Å². The fraction of sp³-hybridized carbons (Fsp3) is 0.421. The molecule has 0 bridgehead atoms. The third-order valence-electron chi connectivity index (χ3n) is 5.62. The molecule has 3 heterocycles. The monoisotopic (exact) mass is 433 g/mol. The van der Waals surface area contributed by atoms with Crippen molar-refractivity contribution in [2.24, 2.45) is 0 Å². The number of fused-ring (bicyclic) bond motifs is 2. The van der Waals surface area contributed by atoms with Gasteiger partial charge in [-0.2, -0.15) is 0 Å². The summed E-state index contributed by atoms with van der Waals surface area (Å²) in [5.41, 5.74) is 1.35. The summed E-state index contributed by atoms with van der Waals surface area (Å²) in [6.45, 7) is -1.29. The number of rotatable bonds is 6. The predicted octanol–water partition coefficient (Wildman–Crippen LogP) is -2.75. The number of H-pyrrole nitrogens is 1. The van der Waals surface area contributed by atoms with Crippen LogP contribution in [0.2, 0.25) is 0 Å². The Bertz CT molecular complexity index is 1010. The molecular weight excluding hydrogens is 410 g/mol. The van der Waals surface area contributed by atoms with Crippen molar-refractivity contribution in [2.45, 2.75) is 36.6 Å². The van der Waals surface area contributed by atoms with E-state index in [0.717, 1.165) is 15.8 Å². The van der Waals surface area contributed by atoms with Crippen molar-refractivity contribution in [3.63, 3.8) is 0 Å². The lowest BCUT2D eigenvalue weighted by atomic mass is 9.96. The average Bonchev–Trinajstić information content (AvgIpc) is 3.18. The first-order valence-electron chi connectivity index (χ1n) is 9.70. The number of benzene rings is 1. The van der Waals surface area contributed by atoms with E-state index in [0.29, 0.717) is 5.56 Å². The molecule has 2 aliphatic heterocycles. The number of urea groups is 1. The number of hydrogen-bond donors (Lipinski definition) is 8. The fourth-order valence-electron chi connectivity index (χ4n) is 4.00. The Morgan fingerprint density at radius 3 is 2.55 bits per heavy atom. The number of aromatic nitrogens is 1. The van der Waals surface area contributed by atoms with Crippen LogP contribution in [0.5, 0.6) is 0 Å². The van der Waals surface area contributed by atoms with Crippen LogP contribution < -0.4 is 16.0 Å². The molecule has 12 heteroatoms.